The highest BCUT2D eigenvalue weighted by atomic mass is 32.2. The van der Waals surface area contributed by atoms with Crippen LogP contribution in [0.3, 0.4) is 0 Å². The van der Waals surface area contributed by atoms with Crippen LogP contribution in [0.1, 0.15) is 33.7 Å². The molecular formula is C22H28N4O3S. The summed E-state index contributed by atoms with van der Waals surface area (Å²) in [6.07, 6.45) is 1.63. The third kappa shape index (κ3) is 5.31. The highest BCUT2D eigenvalue weighted by Gasteiger charge is 2.18. The molecule has 160 valence electrons. The van der Waals surface area contributed by atoms with Crippen LogP contribution in [0, 0.1) is 13.8 Å². The topological polar surface area (TPSA) is 81.9 Å². The van der Waals surface area contributed by atoms with Gasteiger partial charge in [0.2, 0.25) is 0 Å². The fraction of sp³-hybridized carbons (Fsp3) is 0.409. The number of nitrogens with one attached hydrogen (secondary N) is 1. The van der Waals surface area contributed by atoms with Crippen LogP contribution in [0.5, 0.6) is 0 Å². The Morgan fingerprint density at radius 2 is 1.93 bits per heavy atom. The van der Waals surface area contributed by atoms with Crippen LogP contribution in [0.2, 0.25) is 0 Å². The molecule has 0 atom stereocenters. The number of methoxy groups -OCH3 is 1. The minimum absolute atomic E-state index is 0.0381. The predicted octanol–water partition coefficient (Wildman–Crippen LogP) is 3.24. The zero-order valence-electron chi connectivity index (χ0n) is 17.7. The highest BCUT2D eigenvalue weighted by molar-refractivity contribution is 7.99. The summed E-state index contributed by atoms with van der Waals surface area (Å²) in [5, 5.41) is 7.15. The first kappa shape index (κ1) is 22.1. The van der Waals surface area contributed by atoms with E-state index in [1.54, 1.807) is 11.7 Å². The number of benzene rings is 1. The molecule has 1 aromatic carbocycles. The van der Waals surface area contributed by atoms with E-state index in [-0.39, 0.29) is 17.2 Å². The molecule has 0 bridgehead atoms. The van der Waals surface area contributed by atoms with Crippen molar-refractivity contribution in [2.75, 3.05) is 19.5 Å². The van der Waals surface area contributed by atoms with Gasteiger partial charge in [-0.05, 0) is 38.3 Å². The molecule has 0 spiro atoms. The van der Waals surface area contributed by atoms with Gasteiger partial charge in [-0.15, -0.1) is 5.10 Å². The molecule has 30 heavy (non-hydrogen) atoms. The van der Waals surface area contributed by atoms with E-state index >= 15 is 0 Å². The van der Waals surface area contributed by atoms with Crippen molar-refractivity contribution in [3.05, 3.63) is 69.4 Å². The Bertz CT molecular complexity index is 1040. The molecular weight excluding hydrogens is 400 g/mol. The molecule has 8 heteroatoms. The maximum absolute atomic E-state index is 12.8. The number of aryl methyl sites for hydroxylation is 2. The van der Waals surface area contributed by atoms with E-state index in [0.717, 1.165) is 41.9 Å². The van der Waals surface area contributed by atoms with Crippen LogP contribution in [0.4, 0.5) is 0 Å². The van der Waals surface area contributed by atoms with Gasteiger partial charge in [-0.3, -0.25) is 9.36 Å². The molecule has 2 aromatic heterocycles. The molecule has 7 nitrogen and oxygen atoms in total. The van der Waals surface area contributed by atoms with Crippen molar-refractivity contribution in [3.63, 3.8) is 0 Å². The van der Waals surface area contributed by atoms with Crippen molar-refractivity contribution < 1.29 is 9.53 Å². The number of carbonyl (C=O) groups is 1. The summed E-state index contributed by atoms with van der Waals surface area (Å²) in [6, 6.07) is 11.9. The number of thioether (sulfide) groups is 1. The smallest absolute Gasteiger partial charge is 0.343 e. The lowest BCUT2D eigenvalue weighted by molar-refractivity contribution is 0.102. The highest BCUT2D eigenvalue weighted by Crippen LogP contribution is 2.21. The van der Waals surface area contributed by atoms with Crippen molar-refractivity contribution in [1.82, 2.24) is 19.3 Å². The largest absolute Gasteiger partial charge is 0.385 e. The second kappa shape index (κ2) is 10.4. The van der Waals surface area contributed by atoms with E-state index in [1.165, 1.54) is 11.8 Å². The van der Waals surface area contributed by atoms with Gasteiger partial charge in [-0.25, -0.2) is 9.89 Å². The van der Waals surface area contributed by atoms with E-state index in [1.807, 2.05) is 50.2 Å². The van der Waals surface area contributed by atoms with Gasteiger partial charge < -0.3 is 9.30 Å². The molecule has 0 aliphatic carbocycles. The van der Waals surface area contributed by atoms with Gasteiger partial charge in [0.25, 0.3) is 0 Å². The van der Waals surface area contributed by atoms with Crippen LogP contribution in [-0.4, -0.2) is 44.6 Å². The number of nitrogens with zero attached hydrogens (tertiary/aromatic N) is 3. The van der Waals surface area contributed by atoms with Gasteiger partial charge in [-0.1, -0.05) is 42.1 Å². The molecule has 0 aliphatic rings. The first-order valence-corrected chi connectivity index (χ1v) is 11.0. The van der Waals surface area contributed by atoms with Crippen molar-refractivity contribution >= 4 is 17.5 Å². The third-order valence-corrected chi connectivity index (χ3v) is 6.10. The summed E-state index contributed by atoms with van der Waals surface area (Å²) in [5.41, 5.74) is 3.66. The lowest BCUT2D eigenvalue weighted by Crippen LogP contribution is -2.19. The van der Waals surface area contributed by atoms with Gasteiger partial charge in [0.15, 0.2) is 10.9 Å². The van der Waals surface area contributed by atoms with E-state index in [9.17, 15) is 9.59 Å². The quantitative estimate of drug-likeness (QED) is 0.288. The van der Waals surface area contributed by atoms with Gasteiger partial charge >= 0.3 is 5.69 Å². The van der Waals surface area contributed by atoms with Gasteiger partial charge in [0, 0.05) is 43.8 Å². The Balaban J connectivity index is 1.64. The maximum atomic E-state index is 12.8. The number of hydrogen-bond donors (Lipinski definition) is 1. The zero-order chi connectivity index (χ0) is 21.5. The fourth-order valence-corrected chi connectivity index (χ4v) is 4.35. The van der Waals surface area contributed by atoms with Crippen LogP contribution in [-0.2, 0) is 24.2 Å². The average Bonchev–Trinajstić information content (AvgIpc) is 3.25. The average molecular weight is 429 g/mol. The van der Waals surface area contributed by atoms with E-state index < -0.39 is 0 Å². The molecule has 0 aliphatic heterocycles. The number of aromatic nitrogens is 4. The third-order valence-electron chi connectivity index (χ3n) is 5.13. The molecule has 0 radical (unpaired) electrons. The lowest BCUT2D eigenvalue weighted by atomic mass is 10.1. The zero-order valence-corrected chi connectivity index (χ0v) is 18.5. The Kier molecular flexibility index (Phi) is 7.70. The van der Waals surface area contributed by atoms with Crippen LogP contribution in [0.15, 0.2) is 46.3 Å². The van der Waals surface area contributed by atoms with Crippen LogP contribution in [0.25, 0.3) is 0 Å². The normalized spacial score (nSPS) is 11.2. The first-order valence-electron chi connectivity index (χ1n) is 10.0. The molecule has 0 fully saturated rings. The number of carbonyl (C=O) groups excluding carboxylic acids is 1. The summed E-state index contributed by atoms with van der Waals surface area (Å²) in [6.45, 7) is 6.02. The lowest BCUT2D eigenvalue weighted by Gasteiger charge is -2.09. The summed E-state index contributed by atoms with van der Waals surface area (Å²) in [4.78, 5) is 25.0. The van der Waals surface area contributed by atoms with Crippen LogP contribution >= 0.6 is 11.8 Å². The molecule has 0 saturated heterocycles. The molecule has 0 unspecified atom stereocenters. The number of hydrogen-bond acceptors (Lipinski definition) is 5. The standard InChI is InChI=1S/C22H28N4O3S/c1-16-14-19(17(2)25(16)11-7-13-29-3)20(27)15-30-22-24-23-21(28)26(22)12-10-18-8-5-4-6-9-18/h4-6,8-9,14H,7,10-13,15H2,1-3H3,(H,23,28). The van der Waals surface area contributed by atoms with Crippen molar-refractivity contribution in [2.24, 2.45) is 0 Å². The van der Waals surface area contributed by atoms with Crippen molar-refractivity contribution in [2.45, 2.75) is 44.9 Å². The summed E-state index contributed by atoms with van der Waals surface area (Å²) in [5.74, 6) is 0.272. The Morgan fingerprint density at radius 1 is 1.17 bits per heavy atom. The van der Waals surface area contributed by atoms with Crippen molar-refractivity contribution in [3.8, 4) is 0 Å². The molecule has 0 saturated carbocycles. The first-order chi connectivity index (χ1) is 14.5. The number of aromatic amines is 1. The number of Topliss-reactive ketones (excluding diaryl/α,β-unsaturated/α-hetero) is 1. The Morgan fingerprint density at radius 3 is 2.67 bits per heavy atom. The van der Waals surface area contributed by atoms with Gasteiger partial charge in [0.1, 0.15) is 0 Å². The van der Waals surface area contributed by atoms with E-state index in [0.29, 0.717) is 18.3 Å². The van der Waals surface area contributed by atoms with Gasteiger partial charge in [-0.2, -0.15) is 0 Å². The number of rotatable bonds is 11. The second-order valence-electron chi connectivity index (χ2n) is 7.19. The molecule has 3 aromatic rings. The Labute approximate surface area is 180 Å². The second-order valence-corrected chi connectivity index (χ2v) is 8.14. The Hall–Kier alpha value is -2.58. The number of ether oxygens (including phenoxy) is 1. The minimum Gasteiger partial charge on any atom is -0.385 e. The summed E-state index contributed by atoms with van der Waals surface area (Å²) >= 11 is 1.29. The van der Waals surface area contributed by atoms with Crippen LogP contribution < -0.4 is 5.69 Å². The maximum Gasteiger partial charge on any atom is 0.343 e. The monoisotopic (exact) mass is 428 g/mol. The minimum atomic E-state index is -0.253. The number of H-pyrrole nitrogens is 1. The molecule has 1 N–H and O–H groups in total. The summed E-state index contributed by atoms with van der Waals surface area (Å²) in [7, 11) is 1.69. The van der Waals surface area contributed by atoms with E-state index in [2.05, 4.69) is 14.8 Å². The number of ketones is 1. The van der Waals surface area contributed by atoms with E-state index in [4.69, 9.17) is 4.74 Å². The molecule has 3 rings (SSSR count). The summed E-state index contributed by atoms with van der Waals surface area (Å²) < 4.78 is 8.88. The molecule has 0 amide bonds. The SMILES string of the molecule is COCCCn1c(C)cc(C(=O)CSc2n[nH]c(=O)n2CCc2ccccc2)c1C. The van der Waals surface area contributed by atoms with Gasteiger partial charge in [0.05, 0.1) is 5.75 Å². The predicted molar refractivity (Wildman–Crippen MR) is 118 cm³/mol. The van der Waals surface area contributed by atoms with Crippen molar-refractivity contribution in [1.29, 1.82) is 0 Å². The molecule has 2 heterocycles. The fourth-order valence-electron chi connectivity index (χ4n) is 3.50.